The molecule has 1 unspecified atom stereocenters. The maximum Gasteiger partial charge on any atom is 0.418 e. The Labute approximate surface area is 221 Å². The second-order valence-electron chi connectivity index (χ2n) is 10.2. The third-order valence-electron chi connectivity index (χ3n) is 6.69. The van der Waals surface area contributed by atoms with Gasteiger partial charge >= 0.3 is 6.18 Å². The van der Waals surface area contributed by atoms with Crippen LogP contribution in [-0.2, 0) is 5.41 Å². The van der Waals surface area contributed by atoms with Gasteiger partial charge in [0.1, 0.15) is 23.1 Å². The molecule has 3 aromatic carbocycles. The van der Waals surface area contributed by atoms with Crippen LogP contribution < -0.4 is 10.1 Å². The number of anilines is 1. The number of halogens is 6. The zero-order chi connectivity index (χ0) is 28.8. The van der Waals surface area contributed by atoms with Crippen molar-refractivity contribution in [1.29, 1.82) is 0 Å². The molecule has 0 fully saturated rings. The van der Waals surface area contributed by atoms with Gasteiger partial charge in [-0.3, -0.25) is 0 Å². The van der Waals surface area contributed by atoms with Gasteiger partial charge in [-0.1, -0.05) is 13.8 Å². The number of nitrogens with one attached hydrogen (secondary N) is 1. The molecule has 4 rings (SSSR count). The van der Waals surface area contributed by atoms with Gasteiger partial charge in [-0.25, -0.2) is 17.9 Å². The van der Waals surface area contributed by atoms with E-state index < -0.39 is 47.6 Å². The number of fused-ring (bicyclic) bond motifs is 1. The standard InChI is InChI=1S/C28H27F6N3O2/c1-16-9-22(19-13-36-37(24(19)10-16)23-7-5-18(30)12-21(23)31)35-15-27(38,28(32,33)34)14-26(2,3)20-11-17(29)6-8-25(20)39-4/h5-13,35,38H,14-15H2,1-4H3. The fourth-order valence-corrected chi connectivity index (χ4v) is 4.80. The van der Waals surface area contributed by atoms with Crippen LogP contribution in [0, 0.1) is 24.4 Å². The van der Waals surface area contributed by atoms with Gasteiger partial charge in [-0.15, -0.1) is 0 Å². The van der Waals surface area contributed by atoms with Gasteiger partial charge in [-0.05, 0) is 66.8 Å². The van der Waals surface area contributed by atoms with E-state index in [0.29, 0.717) is 22.5 Å². The normalized spacial score (nSPS) is 13.9. The smallest absolute Gasteiger partial charge is 0.418 e. The molecule has 2 N–H and O–H groups in total. The monoisotopic (exact) mass is 551 g/mol. The maximum absolute atomic E-state index is 14.4. The molecule has 0 bridgehead atoms. The number of hydrogen-bond acceptors (Lipinski definition) is 4. The van der Waals surface area contributed by atoms with Crippen LogP contribution in [0.2, 0.25) is 0 Å². The molecule has 0 saturated carbocycles. The van der Waals surface area contributed by atoms with Crippen molar-refractivity contribution in [2.75, 3.05) is 19.0 Å². The first-order valence-electron chi connectivity index (χ1n) is 12.0. The molecule has 0 aliphatic rings. The maximum atomic E-state index is 14.4. The molecular weight excluding hydrogens is 524 g/mol. The van der Waals surface area contributed by atoms with Crippen LogP contribution in [-0.4, -0.2) is 40.3 Å². The second-order valence-corrected chi connectivity index (χ2v) is 10.2. The summed E-state index contributed by atoms with van der Waals surface area (Å²) in [4.78, 5) is 0. The molecule has 0 radical (unpaired) electrons. The van der Waals surface area contributed by atoms with Crippen molar-refractivity contribution >= 4 is 16.6 Å². The van der Waals surface area contributed by atoms with Crippen molar-refractivity contribution in [3.8, 4) is 11.4 Å². The number of aryl methyl sites for hydroxylation is 1. The minimum absolute atomic E-state index is 0.0412. The van der Waals surface area contributed by atoms with Crippen LogP contribution in [0.3, 0.4) is 0 Å². The average molecular weight is 552 g/mol. The summed E-state index contributed by atoms with van der Waals surface area (Å²) < 4.78 is 91.3. The molecule has 0 aliphatic carbocycles. The number of nitrogens with zero attached hydrogens (tertiary/aromatic N) is 2. The van der Waals surface area contributed by atoms with Gasteiger partial charge < -0.3 is 15.2 Å². The lowest BCUT2D eigenvalue weighted by Crippen LogP contribution is -2.53. The lowest BCUT2D eigenvalue weighted by atomic mass is 9.74. The highest BCUT2D eigenvalue weighted by atomic mass is 19.4. The predicted molar refractivity (Wildman–Crippen MR) is 136 cm³/mol. The van der Waals surface area contributed by atoms with E-state index in [1.54, 1.807) is 19.1 Å². The number of ether oxygens (including phenoxy) is 1. The highest BCUT2D eigenvalue weighted by Crippen LogP contribution is 2.44. The van der Waals surface area contributed by atoms with Crippen molar-refractivity contribution in [3.05, 3.63) is 83.3 Å². The molecule has 0 aliphatic heterocycles. The van der Waals surface area contributed by atoms with Crippen LogP contribution >= 0.6 is 0 Å². The highest BCUT2D eigenvalue weighted by molar-refractivity contribution is 5.93. The molecule has 208 valence electrons. The number of aromatic nitrogens is 2. The van der Waals surface area contributed by atoms with E-state index in [0.717, 1.165) is 18.2 Å². The molecule has 1 aromatic heterocycles. The number of rotatable bonds is 8. The van der Waals surface area contributed by atoms with Crippen LogP contribution in [0.4, 0.5) is 32.0 Å². The minimum atomic E-state index is -5.05. The number of benzene rings is 3. The van der Waals surface area contributed by atoms with Crippen LogP contribution in [0.15, 0.2) is 54.7 Å². The van der Waals surface area contributed by atoms with Gasteiger partial charge in [0, 0.05) is 22.7 Å². The lowest BCUT2D eigenvalue weighted by molar-refractivity contribution is -0.260. The molecular formula is C28H27F6N3O2. The Morgan fingerprint density at radius 1 is 0.974 bits per heavy atom. The van der Waals surface area contributed by atoms with E-state index in [-0.39, 0.29) is 22.7 Å². The Morgan fingerprint density at radius 3 is 2.28 bits per heavy atom. The lowest BCUT2D eigenvalue weighted by Gasteiger charge is -2.38. The fourth-order valence-electron chi connectivity index (χ4n) is 4.80. The van der Waals surface area contributed by atoms with Crippen molar-refractivity contribution < 1.29 is 36.2 Å². The van der Waals surface area contributed by atoms with Gasteiger partial charge in [0.2, 0.25) is 0 Å². The number of hydrogen-bond donors (Lipinski definition) is 2. The van der Waals surface area contributed by atoms with E-state index in [9.17, 15) is 31.4 Å². The van der Waals surface area contributed by atoms with Crippen molar-refractivity contribution in [1.82, 2.24) is 9.78 Å². The Bertz CT molecular complexity index is 1520. The number of aliphatic hydroxyl groups is 1. The number of methoxy groups -OCH3 is 1. The Balaban J connectivity index is 1.70. The van der Waals surface area contributed by atoms with Crippen LogP contribution in [0.1, 0.15) is 31.4 Å². The van der Waals surface area contributed by atoms with Crippen LogP contribution in [0.25, 0.3) is 16.6 Å². The molecule has 1 heterocycles. The van der Waals surface area contributed by atoms with Crippen molar-refractivity contribution in [2.45, 2.75) is 44.4 Å². The molecule has 4 aromatic rings. The van der Waals surface area contributed by atoms with E-state index in [2.05, 4.69) is 10.4 Å². The minimum Gasteiger partial charge on any atom is -0.496 e. The quantitative estimate of drug-likeness (QED) is 0.236. The summed E-state index contributed by atoms with van der Waals surface area (Å²) in [7, 11) is 1.32. The molecule has 11 heteroatoms. The Hall–Kier alpha value is -3.73. The topological polar surface area (TPSA) is 59.3 Å². The van der Waals surface area contributed by atoms with Crippen LogP contribution in [0.5, 0.6) is 5.75 Å². The Kier molecular flexibility index (Phi) is 7.33. The fraction of sp³-hybridized carbons (Fsp3) is 0.321. The second kappa shape index (κ2) is 10.1. The predicted octanol–water partition coefficient (Wildman–Crippen LogP) is 6.83. The third kappa shape index (κ3) is 5.54. The first-order chi connectivity index (χ1) is 18.1. The molecule has 5 nitrogen and oxygen atoms in total. The van der Waals surface area contributed by atoms with E-state index in [4.69, 9.17) is 4.74 Å². The summed E-state index contributed by atoms with van der Waals surface area (Å²) in [6.07, 6.45) is -4.53. The molecule has 0 saturated heterocycles. The largest absolute Gasteiger partial charge is 0.496 e. The SMILES string of the molecule is COc1ccc(F)cc1C(C)(C)CC(O)(CNc1cc(C)cc2c1cnn2-c1ccc(F)cc1F)C(F)(F)F. The molecule has 1 atom stereocenters. The molecule has 0 amide bonds. The van der Waals surface area contributed by atoms with Crippen molar-refractivity contribution in [3.63, 3.8) is 0 Å². The van der Waals surface area contributed by atoms with Gasteiger partial charge in [0.15, 0.2) is 11.4 Å². The van der Waals surface area contributed by atoms with E-state index in [1.165, 1.54) is 44.0 Å². The van der Waals surface area contributed by atoms with Gasteiger partial charge in [-0.2, -0.15) is 18.3 Å². The first-order valence-corrected chi connectivity index (χ1v) is 12.0. The number of alkyl halides is 3. The first kappa shape index (κ1) is 28.3. The zero-order valence-corrected chi connectivity index (χ0v) is 21.6. The van der Waals surface area contributed by atoms with Gasteiger partial charge in [0.05, 0.1) is 25.4 Å². The summed E-state index contributed by atoms with van der Waals surface area (Å²) in [5, 5.41) is 18.2. The zero-order valence-electron chi connectivity index (χ0n) is 21.6. The van der Waals surface area contributed by atoms with Gasteiger partial charge in [0.25, 0.3) is 0 Å². The summed E-state index contributed by atoms with van der Waals surface area (Å²) in [6, 6.07) is 9.77. The van der Waals surface area contributed by atoms with E-state index >= 15 is 0 Å². The summed E-state index contributed by atoms with van der Waals surface area (Å²) in [5.74, 6) is -2.09. The highest BCUT2D eigenvalue weighted by Gasteiger charge is 2.56. The van der Waals surface area contributed by atoms with Crippen molar-refractivity contribution in [2.24, 2.45) is 0 Å². The average Bonchev–Trinajstić information content (AvgIpc) is 3.25. The third-order valence-corrected chi connectivity index (χ3v) is 6.69. The summed E-state index contributed by atoms with van der Waals surface area (Å²) >= 11 is 0. The molecule has 39 heavy (non-hydrogen) atoms. The summed E-state index contributed by atoms with van der Waals surface area (Å²) in [6.45, 7) is 3.69. The van der Waals surface area contributed by atoms with E-state index in [1.807, 2.05) is 0 Å². The Morgan fingerprint density at radius 2 is 1.64 bits per heavy atom. The molecule has 0 spiro atoms. The summed E-state index contributed by atoms with van der Waals surface area (Å²) in [5.41, 5.74) is -3.25.